The molecule has 0 saturated carbocycles. The van der Waals surface area contributed by atoms with E-state index in [1.165, 1.54) is 0 Å². The number of H-pyrrole nitrogens is 2. The number of pyridine rings is 1. The van der Waals surface area contributed by atoms with Gasteiger partial charge in [0.1, 0.15) is 5.69 Å². The molecule has 4 aromatic heterocycles. The van der Waals surface area contributed by atoms with Crippen molar-refractivity contribution >= 4 is 23.8 Å². The zero-order valence-electron chi connectivity index (χ0n) is 20.6. The van der Waals surface area contributed by atoms with Gasteiger partial charge in [-0.05, 0) is 43.7 Å². The standard InChI is InChI=1S/C26H26N6.C2H6/c1-6-10-21(24-11-8-9-12-27-24)22-14-25(29-17(22)3)26-23(18(4)30-31-26)13-19(7-2)20-15-28-32(5)16-20;1-2/h6-16,29-30H,1,4H2,2-3,5H3;1-2H3/b19-7+,21-10+,23-13+;. The fourth-order valence-electron chi connectivity index (χ4n) is 3.73. The highest BCUT2D eigenvalue weighted by atomic mass is 15.2. The highest BCUT2D eigenvalue weighted by Gasteiger charge is 2.15. The molecule has 0 saturated heterocycles. The molecular weight excluding hydrogens is 420 g/mol. The second-order valence-corrected chi connectivity index (χ2v) is 7.51. The number of hydrogen-bond acceptors (Lipinski definition) is 3. The number of rotatable bonds is 6. The predicted octanol–water partition coefficient (Wildman–Crippen LogP) is 4.78. The van der Waals surface area contributed by atoms with Crippen LogP contribution in [0.4, 0.5) is 0 Å². The van der Waals surface area contributed by atoms with Gasteiger partial charge in [0.25, 0.3) is 0 Å². The first-order valence-electron chi connectivity index (χ1n) is 11.4. The number of hydrogen-bond donors (Lipinski definition) is 2. The Morgan fingerprint density at radius 1 is 1.21 bits per heavy atom. The van der Waals surface area contributed by atoms with Crippen LogP contribution in [0.15, 0.2) is 67.7 Å². The summed E-state index contributed by atoms with van der Waals surface area (Å²) in [5.74, 6) is 0. The lowest BCUT2D eigenvalue weighted by molar-refractivity contribution is 0.767. The Balaban J connectivity index is 0.00000158. The van der Waals surface area contributed by atoms with Crippen LogP contribution >= 0.6 is 0 Å². The van der Waals surface area contributed by atoms with Crippen LogP contribution in [0.2, 0.25) is 0 Å². The quantitative estimate of drug-likeness (QED) is 0.414. The van der Waals surface area contributed by atoms with Gasteiger partial charge in [-0.25, -0.2) is 0 Å². The Morgan fingerprint density at radius 3 is 2.62 bits per heavy atom. The second kappa shape index (κ2) is 11.1. The number of aromatic nitrogens is 6. The van der Waals surface area contributed by atoms with E-state index in [9.17, 15) is 0 Å². The second-order valence-electron chi connectivity index (χ2n) is 7.51. The van der Waals surface area contributed by atoms with Gasteiger partial charge in [0.15, 0.2) is 0 Å². The largest absolute Gasteiger partial charge is 0.357 e. The average molecular weight is 453 g/mol. The molecule has 0 aliphatic carbocycles. The van der Waals surface area contributed by atoms with Crippen molar-refractivity contribution in [1.82, 2.24) is 29.9 Å². The van der Waals surface area contributed by atoms with Gasteiger partial charge in [-0.2, -0.15) is 10.2 Å². The van der Waals surface area contributed by atoms with E-state index in [1.54, 1.807) is 17.0 Å². The number of allylic oxidation sites excluding steroid dienone is 4. The molecule has 0 spiro atoms. The Bertz CT molecular complexity index is 1430. The van der Waals surface area contributed by atoms with Crippen molar-refractivity contribution < 1.29 is 0 Å². The fourth-order valence-corrected chi connectivity index (χ4v) is 3.73. The van der Waals surface area contributed by atoms with Crippen molar-refractivity contribution in [1.29, 1.82) is 0 Å². The van der Waals surface area contributed by atoms with Crippen molar-refractivity contribution in [3.05, 3.63) is 101 Å². The number of nitrogens with zero attached hydrogens (tertiary/aromatic N) is 4. The molecule has 0 aliphatic rings. The molecule has 4 heterocycles. The smallest absolute Gasteiger partial charge is 0.116 e. The van der Waals surface area contributed by atoms with Crippen LogP contribution in [0.1, 0.15) is 43.3 Å². The third-order valence-corrected chi connectivity index (χ3v) is 5.32. The topological polar surface area (TPSA) is 75.2 Å². The Labute approximate surface area is 200 Å². The van der Waals surface area contributed by atoms with Crippen LogP contribution in [0.25, 0.3) is 35.2 Å². The maximum Gasteiger partial charge on any atom is 0.116 e. The number of aromatic amines is 2. The zero-order valence-corrected chi connectivity index (χ0v) is 20.6. The van der Waals surface area contributed by atoms with Gasteiger partial charge in [-0.1, -0.05) is 51.3 Å². The maximum atomic E-state index is 4.55. The third kappa shape index (κ3) is 5.07. The van der Waals surface area contributed by atoms with E-state index in [0.717, 1.165) is 55.6 Å². The van der Waals surface area contributed by atoms with Gasteiger partial charge < -0.3 is 4.98 Å². The molecular formula is C28H32N6. The highest BCUT2D eigenvalue weighted by molar-refractivity contribution is 5.89. The molecule has 0 radical (unpaired) electrons. The van der Waals surface area contributed by atoms with Gasteiger partial charge >= 0.3 is 0 Å². The summed E-state index contributed by atoms with van der Waals surface area (Å²) in [6.07, 6.45) is 13.5. The number of aryl methyl sites for hydroxylation is 2. The molecule has 4 aromatic rings. The predicted molar refractivity (Wildman–Crippen MR) is 142 cm³/mol. The lowest BCUT2D eigenvalue weighted by Gasteiger charge is -2.05. The minimum Gasteiger partial charge on any atom is -0.357 e. The zero-order chi connectivity index (χ0) is 24.7. The maximum absolute atomic E-state index is 4.55. The molecule has 0 aromatic carbocycles. The van der Waals surface area contributed by atoms with E-state index >= 15 is 0 Å². The summed E-state index contributed by atoms with van der Waals surface area (Å²) >= 11 is 0. The van der Waals surface area contributed by atoms with E-state index in [0.29, 0.717) is 0 Å². The molecule has 0 fully saturated rings. The van der Waals surface area contributed by atoms with Crippen molar-refractivity contribution in [2.24, 2.45) is 7.05 Å². The lowest BCUT2D eigenvalue weighted by atomic mass is 10.0. The Kier molecular flexibility index (Phi) is 7.98. The first-order chi connectivity index (χ1) is 16.5. The molecule has 0 aliphatic heterocycles. The van der Waals surface area contributed by atoms with Crippen LogP contribution in [0.3, 0.4) is 0 Å². The molecule has 174 valence electrons. The van der Waals surface area contributed by atoms with Crippen LogP contribution in [0.5, 0.6) is 0 Å². The summed E-state index contributed by atoms with van der Waals surface area (Å²) in [4.78, 5) is 8.01. The van der Waals surface area contributed by atoms with Gasteiger partial charge in [0, 0.05) is 47.1 Å². The summed E-state index contributed by atoms with van der Waals surface area (Å²) in [5.41, 5.74) is 7.77. The SMILES string of the molecule is C=C/C=C(/c1ccccn1)c1cc(-c2n[nH]c(=C)/c2=C\C(=C/C)c2cnn(C)c2)[nH]c1C.CC. The average Bonchev–Trinajstić information content (AvgIpc) is 3.56. The summed E-state index contributed by atoms with van der Waals surface area (Å²) in [6, 6.07) is 7.99. The van der Waals surface area contributed by atoms with E-state index in [4.69, 9.17) is 0 Å². The molecule has 2 N–H and O–H groups in total. The van der Waals surface area contributed by atoms with Crippen LogP contribution in [-0.2, 0) is 7.05 Å². The third-order valence-electron chi connectivity index (χ3n) is 5.32. The molecule has 0 atom stereocenters. The normalized spacial score (nSPS) is 12.4. The Hall–Kier alpha value is -4.19. The van der Waals surface area contributed by atoms with Crippen molar-refractivity contribution in [2.75, 3.05) is 0 Å². The fraction of sp³-hybridized carbons (Fsp3) is 0.179. The summed E-state index contributed by atoms with van der Waals surface area (Å²) in [5, 5.41) is 13.6. The number of nitrogens with one attached hydrogen (secondary N) is 2. The summed E-state index contributed by atoms with van der Waals surface area (Å²) in [7, 11) is 1.91. The van der Waals surface area contributed by atoms with Crippen molar-refractivity contribution in [3.63, 3.8) is 0 Å². The molecule has 0 unspecified atom stereocenters. The van der Waals surface area contributed by atoms with Crippen molar-refractivity contribution in [3.8, 4) is 11.4 Å². The monoisotopic (exact) mass is 452 g/mol. The van der Waals surface area contributed by atoms with Crippen molar-refractivity contribution in [2.45, 2.75) is 27.7 Å². The molecule has 34 heavy (non-hydrogen) atoms. The van der Waals surface area contributed by atoms with Crippen LogP contribution in [-0.4, -0.2) is 29.9 Å². The highest BCUT2D eigenvalue weighted by Crippen LogP contribution is 2.28. The molecule has 6 heteroatoms. The van der Waals surface area contributed by atoms with Gasteiger partial charge in [-0.3, -0.25) is 14.8 Å². The van der Waals surface area contributed by atoms with E-state index in [-0.39, 0.29) is 0 Å². The van der Waals surface area contributed by atoms with Crippen LogP contribution in [0, 0.1) is 6.92 Å². The first kappa shape index (κ1) is 24.5. The minimum atomic E-state index is 0.753. The van der Waals surface area contributed by atoms with Gasteiger partial charge in [0.05, 0.1) is 22.9 Å². The van der Waals surface area contributed by atoms with E-state index in [2.05, 4.69) is 56.6 Å². The summed E-state index contributed by atoms with van der Waals surface area (Å²) in [6.45, 7) is 16.1. The first-order valence-corrected chi connectivity index (χ1v) is 11.4. The summed E-state index contributed by atoms with van der Waals surface area (Å²) < 4.78 is 1.79. The van der Waals surface area contributed by atoms with Crippen LogP contribution < -0.4 is 10.6 Å². The van der Waals surface area contributed by atoms with Gasteiger partial charge in [-0.15, -0.1) is 0 Å². The van der Waals surface area contributed by atoms with E-state index in [1.807, 2.05) is 71.4 Å². The molecule has 0 bridgehead atoms. The molecule has 6 nitrogen and oxygen atoms in total. The lowest BCUT2D eigenvalue weighted by Crippen LogP contribution is -2.22. The van der Waals surface area contributed by atoms with E-state index < -0.39 is 0 Å². The molecule has 4 rings (SSSR count). The molecule has 0 amide bonds. The minimum absolute atomic E-state index is 0.753. The van der Waals surface area contributed by atoms with Gasteiger partial charge in [0.2, 0.25) is 0 Å². The Morgan fingerprint density at radius 2 is 2.00 bits per heavy atom.